The molecule has 0 saturated carbocycles. The van der Waals surface area contributed by atoms with E-state index < -0.39 is 0 Å². The quantitative estimate of drug-likeness (QED) is 0.600. The Morgan fingerprint density at radius 1 is 1.08 bits per heavy atom. The Balaban J connectivity index is 3.50. The van der Waals surface area contributed by atoms with Gasteiger partial charge in [-0.25, -0.2) is 0 Å². The summed E-state index contributed by atoms with van der Waals surface area (Å²) in [5, 5.41) is 0. The van der Waals surface area contributed by atoms with E-state index >= 15 is 0 Å². The highest BCUT2D eigenvalue weighted by molar-refractivity contribution is 4.63. The van der Waals surface area contributed by atoms with Crippen molar-refractivity contribution < 1.29 is 0 Å². The zero-order valence-electron chi connectivity index (χ0n) is 10.0. The average Bonchev–Trinajstić information content (AvgIpc) is 2.10. The number of hydrogen-bond acceptors (Lipinski definition) is 2. The second-order valence-electron chi connectivity index (χ2n) is 4.28. The molecule has 0 spiro atoms. The van der Waals surface area contributed by atoms with Crippen LogP contribution in [0.2, 0.25) is 0 Å². The fraction of sp³-hybridized carbons (Fsp3) is 1.00. The van der Waals surface area contributed by atoms with Crippen LogP contribution in [0.4, 0.5) is 0 Å². The zero-order valence-corrected chi connectivity index (χ0v) is 10.0. The predicted molar refractivity (Wildman–Crippen MR) is 60.2 cm³/mol. The summed E-state index contributed by atoms with van der Waals surface area (Å²) >= 11 is 0. The Bertz CT molecular complexity index is 113. The van der Waals surface area contributed by atoms with E-state index in [1.807, 2.05) is 0 Å². The molecular formula is C11H26N2. The second kappa shape index (κ2) is 7.34. The van der Waals surface area contributed by atoms with Crippen molar-refractivity contribution in [2.24, 2.45) is 0 Å². The minimum absolute atomic E-state index is 0.736. The molecule has 0 fully saturated rings. The second-order valence-corrected chi connectivity index (χ2v) is 4.28. The van der Waals surface area contributed by atoms with E-state index in [0.717, 1.165) is 12.6 Å². The molecule has 2 heteroatoms. The van der Waals surface area contributed by atoms with Crippen molar-refractivity contribution in [2.45, 2.75) is 39.2 Å². The van der Waals surface area contributed by atoms with Crippen molar-refractivity contribution in [1.82, 2.24) is 9.80 Å². The van der Waals surface area contributed by atoms with Crippen LogP contribution >= 0.6 is 0 Å². The van der Waals surface area contributed by atoms with E-state index in [2.05, 4.69) is 44.8 Å². The summed E-state index contributed by atoms with van der Waals surface area (Å²) in [7, 11) is 6.49. The molecule has 0 saturated heterocycles. The monoisotopic (exact) mass is 186 g/mol. The number of hydrogen-bond donors (Lipinski definition) is 0. The van der Waals surface area contributed by atoms with E-state index in [4.69, 9.17) is 0 Å². The number of rotatable bonds is 7. The van der Waals surface area contributed by atoms with Gasteiger partial charge in [-0.05, 0) is 34.5 Å². The molecule has 0 aliphatic heterocycles. The van der Waals surface area contributed by atoms with Crippen molar-refractivity contribution in [3.05, 3.63) is 0 Å². The summed E-state index contributed by atoms with van der Waals surface area (Å²) in [5.74, 6) is 0. The van der Waals surface area contributed by atoms with Crippen molar-refractivity contribution in [3.63, 3.8) is 0 Å². The molecule has 0 amide bonds. The molecule has 0 aromatic heterocycles. The molecule has 0 N–H and O–H groups in total. The van der Waals surface area contributed by atoms with Gasteiger partial charge in [0.1, 0.15) is 0 Å². The van der Waals surface area contributed by atoms with Crippen molar-refractivity contribution >= 4 is 0 Å². The van der Waals surface area contributed by atoms with Crippen LogP contribution in [0.15, 0.2) is 0 Å². The zero-order chi connectivity index (χ0) is 10.3. The van der Waals surface area contributed by atoms with Gasteiger partial charge in [0.2, 0.25) is 0 Å². The van der Waals surface area contributed by atoms with Crippen LogP contribution < -0.4 is 0 Å². The van der Waals surface area contributed by atoms with Gasteiger partial charge in [-0.1, -0.05) is 19.8 Å². The van der Waals surface area contributed by atoms with E-state index in [0.29, 0.717) is 0 Å². The van der Waals surface area contributed by atoms with Gasteiger partial charge < -0.3 is 9.80 Å². The van der Waals surface area contributed by atoms with Crippen LogP contribution in [0.1, 0.15) is 33.1 Å². The third-order valence-corrected chi connectivity index (χ3v) is 2.63. The predicted octanol–water partition coefficient (Wildman–Crippen LogP) is 2.06. The fourth-order valence-electron chi connectivity index (χ4n) is 1.30. The van der Waals surface area contributed by atoms with Crippen LogP contribution in [0, 0.1) is 0 Å². The first-order valence-corrected chi connectivity index (χ1v) is 5.43. The minimum atomic E-state index is 0.736. The Hall–Kier alpha value is -0.0800. The third kappa shape index (κ3) is 7.03. The maximum atomic E-state index is 2.45. The van der Waals surface area contributed by atoms with Crippen molar-refractivity contribution in [2.75, 3.05) is 34.2 Å². The van der Waals surface area contributed by atoms with Gasteiger partial charge in [0, 0.05) is 19.1 Å². The van der Waals surface area contributed by atoms with Crippen LogP contribution in [-0.2, 0) is 0 Å². The minimum Gasteiger partial charge on any atom is -0.308 e. The number of likely N-dealkylation sites (N-methyl/N-ethyl adjacent to an activating group) is 2. The summed E-state index contributed by atoms with van der Waals surface area (Å²) in [6, 6.07) is 0.736. The van der Waals surface area contributed by atoms with Gasteiger partial charge in [-0.15, -0.1) is 0 Å². The molecule has 0 bridgehead atoms. The molecule has 2 nitrogen and oxygen atoms in total. The van der Waals surface area contributed by atoms with E-state index in [1.165, 1.54) is 25.8 Å². The van der Waals surface area contributed by atoms with Crippen molar-refractivity contribution in [3.8, 4) is 0 Å². The van der Waals surface area contributed by atoms with Gasteiger partial charge in [0.25, 0.3) is 0 Å². The van der Waals surface area contributed by atoms with E-state index in [1.54, 1.807) is 0 Å². The molecular weight excluding hydrogens is 160 g/mol. The SMILES string of the molecule is CCCCC(C)N(C)CCN(C)C. The molecule has 0 aromatic carbocycles. The maximum Gasteiger partial charge on any atom is 0.0109 e. The standard InChI is InChI=1S/C11H26N2/c1-6-7-8-11(2)13(5)10-9-12(3)4/h11H,6-10H2,1-5H3. The highest BCUT2D eigenvalue weighted by Crippen LogP contribution is 2.05. The molecule has 0 radical (unpaired) electrons. The molecule has 0 heterocycles. The summed E-state index contributed by atoms with van der Waals surface area (Å²) in [4.78, 5) is 4.69. The summed E-state index contributed by atoms with van der Waals surface area (Å²) in [5.41, 5.74) is 0. The smallest absolute Gasteiger partial charge is 0.0109 e. The lowest BCUT2D eigenvalue weighted by atomic mass is 10.1. The summed E-state index contributed by atoms with van der Waals surface area (Å²) in [6.07, 6.45) is 4.00. The maximum absolute atomic E-state index is 2.45. The first-order valence-electron chi connectivity index (χ1n) is 5.43. The lowest BCUT2D eigenvalue weighted by molar-refractivity contribution is 0.217. The van der Waals surface area contributed by atoms with Crippen LogP contribution in [0.3, 0.4) is 0 Å². The van der Waals surface area contributed by atoms with Crippen LogP contribution in [0.5, 0.6) is 0 Å². The highest BCUT2D eigenvalue weighted by atomic mass is 15.2. The fourth-order valence-corrected chi connectivity index (χ4v) is 1.30. The molecule has 1 atom stereocenters. The van der Waals surface area contributed by atoms with Gasteiger partial charge in [-0.2, -0.15) is 0 Å². The van der Waals surface area contributed by atoms with Crippen LogP contribution in [-0.4, -0.2) is 50.1 Å². The largest absolute Gasteiger partial charge is 0.308 e. The Kier molecular flexibility index (Phi) is 7.29. The average molecular weight is 186 g/mol. The van der Waals surface area contributed by atoms with Gasteiger partial charge >= 0.3 is 0 Å². The van der Waals surface area contributed by atoms with Gasteiger partial charge in [0.05, 0.1) is 0 Å². The van der Waals surface area contributed by atoms with E-state index in [-0.39, 0.29) is 0 Å². The first-order chi connectivity index (χ1) is 6.07. The Morgan fingerprint density at radius 3 is 2.15 bits per heavy atom. The third-order valence-electron chi connectivity index (χ3n) is 2.63. The molecule has 13 heavy (non-hydrogen) atoms. The summed E-state index contributed by atoms with van der Waals surface area (Å²) in [6.45, 7) is 6.92. The molecule has 80 valence electrons. The molecule has 0 aliphatic carbocycles. The Labute approximate surface area is 83.9 Å². The number of unbranched alkanes of at least 4 members (excludes halogenated alkanes) is 1. The molecule has 1 unspecified atom stereocenters. The first kappa shape index (κ1) is 12.9. The van der Waals surface area contributed by atoms with Gasteiger partial charge in [0.15, 0.2) is 0 Å². The number of nitrogens with zero attached hydrogens (tertiary/aromatic N) is 2. The van der Waals surface area contributed by atoms with Gasteiger partial charge in [-0.3, -0.25) is 0 Å². The molecule has 0 rings (SSSR count). The van der Waals surface area contributed by atoms with Crippen LogP contribution in [0.25, 0.3) is 0 Å². The van der Waals surface area contributed by atoms with Crippen molar-refractivity contribution in [1.29, 1.82) is 0 Å². The lowest BCUT2D eigenvalue weighted by Gasteiger charge is -2.25. The normalized spacial score (nSPS) is 14.1. The molecule has 0 aromatic rings. The summed E-state index contributed by atoms with van der Waals surface area (Å²) < 4.78 is 0. The molecule has 0 aliphatic rings. The lowest BCUT2D eigenvalue weighted by Crippen LogP contribution is -2.34. The Morgan fingerprint density at radius 2 is 1.69 bits per heavy atom. The topological polar surface area (TPSA) is 6.48 Å². The highest BCUT2D eigenvalue weighted by Gasteiger charge is 2.07. The van der Waals surface area contributed by atoms with E-state index in [9.17, 15) is 0 Å².